The van der Waals surface area contributed by atoms with E-state index in [0.717, 1.165) is 0 Å². The Balaban J connectivity index is 1.84. The normalized spacial score (nSPS) is 29.8. The summed E-state index contributed by atoms with van der Waals surface area (Å²) in [5, 5.41) is 36.5. The van der Waals surface area contributed by atoms with Crippen LogP contribution in [0.3, 0.4) is 0 Å². The molecule has 1 aliphatic heterocycles. The van der Waals surface area contributed by atoms with Crippen LogP contribution in [0.5, 0.6) is 0 Å². The summed E-state index contributed by atoms with van der Waals surface area (Å²) in [4.78, 5) is 4.15. The molecule has 8 nitrogen and oxygen atoms in total. The van der Waals surface area contributed by atoms with Crippen molar-refractivity contribution >= 4 is 0 Å². The highest BCUT2D eigenvalue weighted by Gasteiger charge is 2.43. The van der Waals surface area contributed by atoms with Gasteiger partial charge in [-0.1, -0.05) is 11.3 Å². The van der Waals surface area contributed by atoms with E-state index in [0.29, 0.717) is 11.4 Å². The number of hydrogen-bond acceptors (Lipinski definition) is 7. The Kier molecular flexibility index (Phi) is 3.45. The first-order valence-electron chi connectivity index (χ1n) is 6.16. The van der Waals surface area contributed by atoms with Crippen molar-refractivity contribution in [3.63, 3.8) is 0 Å². The summed E-state index contributed by atoms with van der Waals surface area (Å²) in [5.74, 6) is 0. The molecule has 0 amide bonds. The Morgan fingerprint density at radius 2 is 2.05 bits per heavy atom. The molecule has 0 saturated carbocycles. The predicted molar refractivity (Wildman–Crippen MR) is 66.3 cm³/mol. The van der Waals surface area contributed by atoms with Gasteiger partial charge in [-0.05, 0) is 12.1 Å². The molecule has 0 bridgehead atoms. The molecule has 0 aliphatic carbocycles. The van der Waals surface area contributed by atoms with Crippen molar-refractivity contribution < 1.29 is 20.1 Å². The lowest BCUT2D eigenvalue weighted by atomic mass is 10.1. The Labute approximate surface area is 114 Å². The Bertz CT molecular complexity index is 576. The van der Waals surface area contributed by atoms with Crippen LogP contribution in [0.25, 0.3) is 11.4 Å². The number of rotatable bonds is 3. The molecular weight excluding hydrogens is 264 g/mol. The zero-order valence-electron chi connectivity index (χ0n) is 10.4. The minimum atomic E-state index is -1.18. The van der Waals surface area contributed by atoms with E-state index in [2.05, 4.69) is 15.3 Å². The number of nitrogens with zero attached hydrogens (tertiary/aromatic N) is 4. The second-order valence-corrected chi connectivity index (χ2v) is 4.53. The number of aliphatic hydroxyl groups excluding tert-OH is 3. The molecule has 3 heterocycles. The third kappa shape index (κ3) is 2.18. The van der Waals surface area contributed by atoms with Crippen molar-refractivity contribution in [3.8, 4) is 11.4 Å². The second-order valence-electron chi connectivity index (χ2n) is 4.53. The molecule has 0 spiro atoms. The molecule has 3 N–H and O–H groups in total. The van der Waals surface area contributed by atoms with Gasteiger partial charge in [0.05, 0.1) is 18.5 Å². The SMILES string of the molecule is OC[C@H]1O[C@@H](n2cc(-c3ccccn3)nn2)[C@H](O)[C@@H]1O. The summed E-state index contributed by atoms with van der Waals surface area (Å²) in [6, 6.07) is 5.40. The highest BCUT2D eigenvalue weighted by molar-refractivity contribution is 5.51. The first kappa shape index (κ1) is 13.1. The average molecular weight is 278 g/mol. The van der Waals surface area contributed by atoms with Gasteiger partial charge in [-0.3, -0.25) is 4.98 Å². The fourth-order valence-corrected chi connectivity index (χ4v) is 2.13. The molecule has 20 heavy (non-hydrogen) atoms. The van der Waals surface area contributed by atoms with E-state index in [1.807, 2.05) is 6.07 Å². The van der Waals surface area contributed by atoms with Gasteiger partial charge >= 0.3 is 0 Å². The van der Waals surface area contributed by atoms with Gasteiger partial charge in [0.2, 0.25) is 0 Å². The fourth-order valence-electron chi connectivity index (χ4n) is 2.13. The van der Waals surface area contributed by atoms with E-state index in [4.69, 9.17) is 9.84 Å². The first-order chi connectivity index (χ1) is 9.70. The monoisotopic (exact) mass is 278 g/mol. The van der Waals surface area contributed by atoms with Crippen LogP contribution in [0.4, 0.5) is 0 Å². The molecule has 8 heteroatoms. The van der Waals surface area contributed by atoms with E-state index < -0.39 is 24.5 Å². The lowest BCUT2D eigenvalue weighted by molar-refractivity contribution is -0.0593. The zero-order valence-corrected chi connectivity index (χ0v) is 10.4. The van der Waals surface area contributed by atoms with Crippen LogP contribution in [-0.2, 0) is 4.74 Å². The lowest BCUT2D eigenvalue weighted by Gasteiger charge is -2.13. The average Bonchev–Trinajstić information content (AvgIpc) is 3.07. The Morgan fingerprint density at radius 3 is 2.70 bits per heavy atom. The standard InChI is InChI=1S/C12H14N4O4/c17-6-9-10(18)11(19)12(20-9)16-5-8(14-15-16)7-3-1-2-4-13-7/h1-5,9-12,17-19H,6H2/t9-,10-,11-,12-/m1/s1. The van der Waals surface area contributed by atoms with Gasteiger partial charge in [-0.25, -0.2) is 4.68 Å². The van der Waals surface area contributed by atoms with Crippen molar-refractivity contribution in [3.05, 3.63) is 30.6 Å². The van der Waals surface area contributed by atoms with E-state index in [1.165, 1.54) is 4.68 Å². The van der Waals surface area contributed by atoms with Crippen molar-refractivity contribution in [2.24, 2.45) is 0 Å². The third-order valence-electron chi connectivity index (χ3n) is 3.22. The molecule has 4 atom stereocenters. The highest BCUT2D eigenvalue weighted by atomic mass is 16.6. The van der Waals surface area contributed by atoms with E-state index >= 15 is 0 Å². The molecule has 1 fully saturated rings. The van der Waals surface area contributed by atoms with E-state index in [9.17, 15) is 10.2 Å². The van der Waals surface area contributed by atoms with Crippen molar-refractivity contribution in [2.45, 2.75) is 24.5 Å². The summed E-state index contributed by atoms with van der Waals surface area (Å²) in [6.07, 6.45) is -0.841. The summed E-state index contributed by atoms with van der Waals surface area (Å²) in [5.41, 5.74) is 1.17. The van der Waals surface area contributed by atoms with Gasteiger partial charge in [-0.15, -0.1) is 5.10 Å². The summed E-state index contributed by atoms with van der Waals surface area (Å²) >= 11 is 0. The molecule has 2 aromatic heterocycles. The van der Waals surface area contributed by atoms with E-state index in [-0.39, 0.29) is 6.61 Å². The maximum absolute atomic E-state index is 9.90. The van der Waals surface area contributed by atoms with Crippen LogP contribution in [0.2, 0.25) is 0 Å². The molecule has 0 unspecified atom stereocenters. The van der Waals surface area contributed by atoms with Gasteiger partial charge < -0.3 is 20.1 Å². The maximum Gasteiger partial charge on any atom is 0.180 e. The Morgan fingerprint density at radius 1 is 1.20 bits per heavy atom. The topological polar surface area (TPSA) is 114 Å². The first-order valence-corrected chi connectivity index (χ1v) is 6.16. The van der Waals surface area contributed by atoms with Gasteiger partial charge in [0, 0.05) is 6.20 Å². The molecule has 2 aromatic rings. The largest absolute Gasteiger partial charge is 0.394 e. The minimum Gasteiger partial charge on any atom is -0.394 e. The van der Waals surface area contributed by atoms with Gasteiger partial charge in [0.15, 0.2) is 6.23 Å². The highest BCUT2D eigenvalue weighted by Crippen LogP contribution is 2.29. The second kappa shape index (κ2) is 5.25. The Hall–Kier alpha value is -1.87. The molecule has 1 aliphatic rings. The third-order valence-corrected chi connectivity index (χ3v) is 3.22. The summed E-state index contributed by atoms with van der Waals surface area (Å²) < 4.78 is 6.67. The van der Waals surface area contributed by atoms with Crippen molar-refractivity contribution in [1.82, 2.24) is 20.0 Å². The van der Waals surface area contributed by atoms with Crippen LogP contribution < -0.4 is 0 Å². The number of ether oxygens (including phenoxy) is 1. The van der Waals surface area contributed by atoms with Gasteiger partial charge in [0.25, 0.3) is 0 Å². The molecule has 0 aromatic carbocycles. The number of aromatic nitrogens is 4. The lowest BCUT2D eigenvalue weighted by Crippen LogP contribution is -2.33. The maximum atomic E-state index is 9.90. The van der Waals surface area contributed by atoms with Crippen molar-refractivity contribution in [1.29, 1.82) is 0 Å². The fraction of sp³-hybridized carbons (Fsp3) is 0.417. The van der Waals surface area contributed by atoms with Gasteiger partial charge in [0.1, 0.15) is 24.0 Å². The molecule has 0 radical (unpaired) electrons. The van der Waals surface area contributed by atoms with Crippen LogP contribution in [0.15, 0.2) is 30.6 Å². The smallest absolute Gasteiger partial charge is 0.180 e. The predicted octanol–water partition coefficient (Wildman–Crippen LogP) is -1.05. The van der Waals surface area contributed by atoms with Crippen LogP contribution in [0, 0.1) is 0 Å². The number of pyridine rings is 1. The zero-order chi connectivity index (χ0) is 14.1. The van der Waals surface area contributed by atoms with E-state index in [1.54, 1.807) is 24.5 Å². The van der Waals surface area contributed by atoms with Gasteiger partial charge in [-0.2, -0.15) is 0 Å². The quantitative estimate of drug-likeness (QED) is 0.656. The summed E-state index contributed by atoms with van der Waals surface area (Å²) in [6.45, 7) is -0.378. The van der Waals surface area contributed by atoms with Crippen LogP contribution in [0.1, 0.15) is 6.23 Å². The molecule has 106 valence electrons. The molecule has 1 saturated heterocycles. The van der Waals surface area contributed by atoms with Crippen molar-refractivity contribution in [2.75, 3.05) is 6.61 Å². The molecular formula is C12H14N4O4. The molecule has 3 rings (SSSR count). The van der Waals surface area contributed by atoms with Crippen LogP contribution >= 0.6 is 0 Å². The number of hydrogen-bond donors (Lipinski definition) is 3. The van der Waals surface area contributed by atoms with Crippen LogP contribution in [-0.4, -0.2) is 60.2 Å². The summed E-state index contributed by atoms with van der Waals surface area (Å²) in [7, 11) is 0. The number of aliphatic hydroxyl groups is 3. The minimum absolute atomic E-state index is 0.378.